The molecule has 0 aromatic carbocycles. The molecule has 0 saturated carbocycles. The summed E-state index contributed by atoms with van der Waals surface area (Å²) < 4.78 is 112. The van der Waals surface area contributed by atoms with Gasteiger partial charge in [-0.1, -0.05) is 13.8 Å². The second-order valence-corrected chi connectivity index (χ2v) is 59.4. The number of rotatable bonds is 50. The highest BCUT2D eigenvalue weighted by Gasteiger charge is 2.43. The number of hydrogen-bond acceptors (Lipinski definition) is 20. The molecular weight excluding hydrogens is 1260 g/mol. The summed E-state index contributed by atoms with van der Waals surface area (Å²) in [7, 11) is 0.872. The van der Waals surface area contributed by atoms with Gasteiger partial charge in [0.1, 0.15) is 0 Å². The molecule has 0 aliphatic carbocycles. The van der Waals surface area contributed by atoms with E-state index in [0.29, 0.717) is 39.6 Å². The average Bonchev–Trinajstić information content (AvgIpc) is 3.60. The molecule has 0 N–H and O–H groups in total. The minimum Gasteiger partial charge on any atom is -0.420 e. The van der Waals surface area contributed by atoms with Crippen molar-refractivity contribution in [3.8, 4) is 0 Å². The van der Waals surface area contributed by atoms with Crippen molar-refractivity contribution in [3.63, 3.8) is 0 Å². The fourth-order valence-corrected chi connectivity index (χ4v) is 30.7. The summed E-state index contributed by atoms with van der Waals surface area (Å²) in [5, 5.41) is 0. The Morgan fingerprint density at radius 3 is 0.541 bits per heavy atom. The molecule has 0 unspecified atom stereocenters. The topological polar surface area (TPSA) is 185 Å². The predicted octanol–water partition coefficient (Wildman–Crippen LogP) is 14.4. The minimum atomic E-state index is -2.45. The van der Waals surface area contributed by atoms with Gasteiger partial charge in [0.15, 0.2) is 41.6 Å². The molecule has 0 heterocycles. The van der Waals surface area contributed by atoms with Gasteiger partial charge in [-0.2, -0.15) is 0 Å². The van der Waals surface area contributed by atoms with E-state index in [-0.39, 0.29) is 0 Å². The molecule has 0 radical (unpaired) electrons. The Labute approximate surface area is 535 Å². The molecule has 0 saturated heterocycles. The van der Waals surface area contributed by atoms with E-state index in [2.05, 4.69) is 80.1 Å². The van der Waals surface area contributed by atoms with E-state index >= 15 is 0 Å². The van der Waals surface area contributed by atoms with E-state index < -0.39 is 85.6 Å². The van der Waals surface area contributed by atoms with E-state index in [1.165, 1.54) is 12.1 Å². The van der Waals surface area contributed by atoms with Gasteiger partial charge in [0.25, 0.3) is 0 Å². The molecule has 30 heteroatoms. The van der Waals surface area contributed by atoms with Crippen molar-refractivity contribution in [1.82, 2.24) is 0 Å². The minimum absolute atomic E-state index is 0.651. The quantitative estimate of drug-likeness (QED) is 0.0523. The van der Waals surface area contributed by atoms with Gasteiger partial charge in [0, 0.05) is 168 Å². The van der Waals surface area contributed by atoms with Crippen molar-refractivity contribution in [1.29, 1.82) is 0 Å². The van der Waals surface area contributed by atoms with Crippen molar-refractivity contribution < 1.29 is 88.5 Å². The molecule has 0 aliphatic heterocycles. The van der Waals surface area contributed by atoms with Crippen LogP contribution in [0.25, 0.3) is 0 Å². The van der Waals surface area contributed by atoms with E-state index in [4.69, 9.17) is 88.5 Å². The second-order valence-electron chi connectivity index (χ2n) is 22.5. The molecule has 0 bridgehead atoms. The van der Waals surface area contributed by atoms with E-state index in [9.17, 15) is 0 Å². The third kappa shape index (κ3) is 44.6. The van der Waals surface area contributed by atoms with Crippen molar-refractivity contribution in [2.45, 2.75) is 226 Å². The first-order chi connectivity index (χ1) is 39.9. The smallest absolute Gasteiger partial charge is 0.420 e. The van der Waals surface area contributed by atoms with Gasteiger partial charge in [0.2, 0.25) is 0 Å². The lowest BCUT2D eigenvalue weighted by molar-refractivity contribution is 0.0702. The van der Waals surface area contributed by atoms with Crippen molar-refractivity contribution in [2.75, 3.05) is 138 Å². The maximum Gasteiger partial charge on any atom is 0.500 e. The maximum absolute atomic E-state index is 5.86. The first kappa shape index (κ1) is 95.1. The molecule has 20 nitrogen and oxygen atoms in total. The lowest BCUT2D eigenvalue weighted by atomic mass is 10.6. The highest BCUT2D eigenvalue weighted by molar-refractivity contribution is 6.74. The zero-order chi connectivity index (χ0) is 66.8. The van der Waals surface area contributed by atoms with Crippen LogP contribution in [0.3, 0.4) is 0 Å². The summed E-state index contributed by atoms with van der Waals surface area (Å²) in [6, 6.07) is 12.3. The van der Waals surface area contributed by atoms with Gasteiger partial charge >= 0.3 is 44.0 Å². The molecule has 0 rings (SSSR count). The molecule has 0 fully saturated rings. The van der Waals surface area contributed by atoms with Crippen LogP contribution < -0.4 is 0 Å². The maximum atomic E-state index is 5.86. The summed E-state index contributed by atoms with van der Waals surface area (Å²) in [6.45, 7) is 44.0. The lowest BCUT2D eigenvalue weighted by Gasteiger charge is -2.29. The van der Waals surface area contributed by atoms with Crippen LogP contribution in [0, 0.1) is 0 Å². The first-order valence-corrected chi connectivity index (χ1v) is 56.3. The summed E-state index contributed by atoms with van der Waals surface area (Å²) in [4.78, 5) is 0. The summed E-state index contributed by atoms with van der Waals surface area (Å²) in [6.07, 6.45) is 5.25. The average molecular weight is 1400 g/mol. The second kappa shape index (κ2) is 53.7. The largest absolute Gasteiger partial charge is 0.500 e. The van der Waals surface area contributed by atoms with Crippen LogP contribution in [0.1, 0.15) is 101 Å². The third-order valence-electron chi connectivity index (χ3n) is 15.0. The Kier molecular flexibility index (Phi) is 60.1. The van der Waals surface area contributed by atoms with Gasteiger partial charge < -0.3 is 88.5 Å². The molecule has 520 valence electrons. The SMILES string of the molecule is CCO[Si](C)(C)CCC[Si](OCC)(OCC)OCC.CCO[Si](C)(C)CCC[Si](OCC)(OCC)OCC.CC[Si](CC)(CCC[Si](OC)(OC)OC)OC.CO[Si](C)(C)CCC[Si](OC)(OC)OC.CO[Si](C)(C)CCC[Si](OC)(OC)OC. The standard InChI is InChI=1S/2C13H32O4Si2.C11H28O4Si2.2C9H24O4Si2/c2*1-7-14-18(5,6)12-11-13-19(15-8-2,16-9-3)17-10-4;1-7-16(8-2,12-3)10-9-11-17(13-4,14-5)15-6;2*1-10-14(5,6)8-7-9-15(11-2,12-3)13-4/h2*7-13H2,1-6H3;7-11H2,1-6H3;2*7-9H2,1-6H3. The van der Waals surface area contributed by atoms with Crippen LogP contribution in [0.15, 0.2) is 0 Å². The Bertz CT molecular complexity index is 1300. The fraction of sp³-hybridized carbons (Fsp3) is 1.00. The molecule has 0 spiro atoms. The Balaban J connectivity index is -0.000000315. The van der Waals surface area contributed by atoms with Crippen LogP contribution in [-0.2, 0) is 88.5 Å². The van der Waals surface area contributed by atoms with Gasteiger partial charge in [-0.05, 0) is 182 Å². The van der Waals surface area contributed by atoms with Gasteiger partial charge in [-0.3, -0.25) is 0 Å². The van der Waals surface area contributed by atoms with Crippen LogP contribution in [0.4, 0.5) is 0 Å². The molecule has 85 heavy (non-hydrogen) atoms. The van der Waals surface area contributed by atoms with Gasteiger partial charge in [0.05, 0.1) is 0 Å². The molecule has 0 aliphatic rings. The van der Waals surface area contributed by atoms with Crippen molar-refractivity contribution in [3.05, 3.63) is 0 Å². The predicted molar refractivity (Wildman–Crippen MR) is 374 cm³/mol. The Hall–Kier alpha value is 1.37. The summed E-state index contributed by atoms with van der Waals surface area (Å²) in [5.74, 6) is 0. The van der Waals surface area contributed by atoms with Crippen LogP contribution in [-0.4, -0.2) is 224 Å². The third-order valence-corrected chi connectivity index (χ3v) is 45.1. The number of hydrogen-bond donors (Lipinski definition) is 0. The first-order valence-electron chi connectivity index (χ1n) is 31.6. The highest BCUT2D eigenvalue weighted by atomic mass is 28.4. The zero-order valence-corrected chi connectivity index (χ0v) is 70.8. The monoisotopic (exact) mass is 1400 g/mol. The van der Waals surface area contributed by atoms with E-state index in [1.54, 1.807) is 78.2 Å². The van der Waals surface area contributed by atoms with E-state index in [1.807, 2.05) is 48.7 Å². The molecular formula is C55H140O20Si10. The normalized spacial score (nSPS) is 13.1. The van der Waals surface area contributed by atoms with Crippen LogP contribution in [0.5, 0.6) is 0 Å². The molecule has 0 amide bonds. The van der Waals surface area contributed by atoms with Crippen molar-refractivity contribution >= 4 is 85.6 Å². The van der Waals surface area contributed by atoms with Gasteiger partial charge in [-0.25, -0.2) is 0 Å². The summed E-state index contributed by atoms with van der Waals surface area (Å²) >= 11 is 0. The van der Waals surface area contributed by atoms with Gasteiger partial charge in [-0.15, -0.1) is 0 Å². The lowest BCUT2D eigenvalue weighted by Crippen LogP contribution is -2.46. The molecule has 0 aromatic heterocycles. The summed E-state index contributed by atoms with van der Waals surface area (Å²) in [5.41, 5.74) is 0. The fourth-order valence-electron chi connectivity index (χ4n) is 9.34. The molecule has 0 atom stereocenters. The zero-order valence-electron chi connectivity index (χ0n) is 60.8. The Morgan fingerprint density at radius 1 is 0.188 bits per heavy atom. The Morgan fingerprint density at radius 2 is 0.376 bits per heavy atom. The highest BCUT2D eigenvalue weighted by Crippen LogP contribution is 2.29. The molecule has 0 aromatic rings. The van der Waals surface area contributed by atoms with Crippen molar-refractivity contribution in [2.24, 2.45) is 0 Å². The van der Waals surface area contributed by atoms with Crippen LogP contribution in [0.2, 0.25) is 125 Å². The van der Waals surface area contributed by atoms with Crippen LogP contribution >= 0.6 is 0 Å². The van der Waals surface area contributed by atoms with E-state index in [0.717, 1.165) is 106 Å².